The Labute approximate surface area is 314 Å². The van der Waals surface area contributed by atoms with Crippen LogP contribution in [0.4, 0.5) is 0 Å². The molecule has 0 saturated carbocycles. The minimum Gasteiger partial charge on any atom is -0.316 e. The van der Waals surface area contributed by atoms with Crippen molar-refractivity contribution in [3.8, 4) is 33.9 Å². The fraction of sp³-hybridized carbons (Fsp3) is 0.125. The molecule has 0 N–H and O–H groups in total. The van der Waals surface area contributed by atoms with E-state index in [1.54, 1.807) is 0 Å². The Bertz CT molecular complexity index is 2780. The van der Waals surface area contributed by atoms with E-state index in [9.17, 15) is 0 Å². The third kappa shape index (κ3) is 5.17. The molecule has 10 rings (SSSR count). The second-order valence-corrected chi connectivity index (χ2v) is 14.2. The van der Waals surface area contributed by atoms with Crippen LogP contribution in [0, 0.1) is 0 Å². The second-order valence-electron chi connectivity index (χ2n) is 14.2. The first-order valence-corrected chi connectivity index (χ1v) is 19.0. The molecule has 0 atom stereocenters. The molecule has 0 radical (unpaired) electrons. The number of imidazole rings is 2. The van der Waals surface area contributed by atoms with Crippen LogP contribution in [0.2, 0.25) is 0 Å². The average molecular weight is 701 g/mol. The van der Waals surface area contributed by atoms with E-state index in [4.69, 9.17) is 9.97 Å². The third-order valence-corrected chi connectivity index (χ3v) is 10.9. The van der Waals surface area contributed by atoms with Crippen LogP contribution in [-0.2, 0) is 12.8 Å². The van der Waals surface area contributed by atoms with E-state index in [2.05, 4.69) is 178 Å². The molecule has 4 heterocycles. The number of para-hydroxylation sites is 6. The van der Waals surface area contributed by atoms with E-state index in [0.29, 0.717) is 0 Å². The highest BCUT2D eigenvalue weighted by molar-refractivity contribution is 5.89. The van der Waals surface area contributed by atoms with Crippen molar-refractivity contribution < 1.29 is 0 Å². The highest BCUT2D eigenvalue weighted by Crippen LogP contribution is 2.41. The Kier molecular flexibility index (Phi) is 7.76. The van der Waals surface area contributed by atoms with E-state index in [1.807, 2.05) is 12.7 Å². The van der Waals surface area contributed by atoms with Gasteiger partial charge < -0.3 is 9.13 Å². The van der Waals surface area contributed by atoms with Gasteiger partial charge in [0, 0.05) is 23.8 Å². The SMILES string of the molecule is CCCc1c(-c2cc(-n3cnc4ccccc43)cc(-n3cnc4ccccc43)c2CCC)cc(-n2ccc3ccccc32)cc1-n1ccc2ccccc21. The summed E-state index contributed by atoms with van der Waals surface area (Å²) in [5.74, 6) is 0. The van der Waals surface area contributed by atoms with E-state index in [0.717, 1.165) is 64.8 Å². The molecule has 0 aliphatic rings. The molecule has 6 heteroatoms. The van der Waals surface area contributed by atoms with Crippen molar-refractivity contribution in [2.75, 3.05) is 0 Å². The summed E-state index contributed by atoms with van der Waals surface area (Å²) in [4.78, 5) is 9.72. The van der Waals surface area contributed by atoms with Gasteiger partial charge in [-0.3, -0.25) is 9.13 Å². The lowest BCUT2D eigenvalue weighted by atomic mass is 9.88. The van der Waals surface area contributed by atoms with Gasteiger partial charge in [0.15, 0.2) is 0 Å². The Hall–Kier alpha value is -6.66. The van der Waals surface area contributed by atoms with Gasteiger partial charge in [-0.25, -0.2) is 9.97 Å². The Balaban J connectivity index is 1.34. The van der Waals surface area contributed by atoms with Crippen molar-refractivity contribution >= 4 is 43.9 Å². The molecular weight excluding hydrogens is 661 g/mol. The molecule has 0 unspecified atom stereocenters. The zero-order valence-corrected chi connectivity index (χ0v) is 30.5. The maximum Gasteiger partial charge on any atom is 0.100 e. The van der Waals surface area contributed by atoms with E-state index in [-0.39, 0.29) is 0 Å². The van der Waals surface area contributed by atoms with Crippen molar-refractivity contribution in [3.63, 3.8) is 0 Å². The number of rotatable bonds is 9. The maximum atomic E-state index is 4.88. The molecular formula is C48H40N6. The normalized spacial score (nSPS) is 11.8. The molecule has 262 valence electrons. The molecule has 0 aliphatic carbocycles. The van der Waals surface area contributed by atoms with Gasteiger partial charge in [0.2, 0.25) is 0 Å². The van der Waals surface area contributed by atoms with Gasteiger partial charge in [0.25, 0.3) is 0 Å². The smallest absolute Gasteiger partial charge is 0.100 e. The van der Waals surface area contributed by atoms with E-state index in [1.165, 1.54) is 49.7 Å². The minimum absolute atomic E-state index is 0.909. The lowest BCUT2D eigenvalue weighted by Crippen LogP contribution is -2.08. The van der Waals surface area contributed by atoms with Crippen molar-refractivity contribution in [3.05, 3.63) is 170 Å². The zero-order valence-electron chi connectivity index (χ0n) is 30.5. The molecule has 0 amide bonds. The van der Waals surface area contributed by atoms with Gasteiger partial charge in [-0.2, -0.15) is 0 Å². The lowest BCUT2D eigenvalue weighted by molar-refractivity contribution is 0.892. The predicted octanol–water partition coefficient (Wildman–Crippen LogP) is 11.8. The molecule has 0 bridgehead atoms. The van der Waals surface area contributed by atoms with Gasteiger partial charge in [0.1, 0.15) is 12.7 Å². The molecule has 0 saturated heterocycles. The monoisotopic (exact) mass is 700 g/mol. The number of benzene rings is 6. The van der Waals surface area contributed by atoms with Crippen LogP contribution in [0.3, 0.4) is 0 Å². The van der Waals surface area contributed by atoms with Gasteiger partial charge in [-0.1, -0.05) is 87.4 Å². The van der Waals surface area contributed by atoms with Gasteiger partial charge in [-0.15, -0.1) is 0 Å². The first kappa shape index (κ1) is 32.0. The summed E-state index contributed by atoms with van der Waals surface area (Å²) >= 11 is 0. The largest absolute Gasteiger partial charge is 0.316 e. The minimum atomic E-state index is 0.909. The summed E-state index contributed by atoms with van der Waals surface area (Å²) in [5, 5.41) is 2.45. The van der Waals surface area contributed by atoms with Crippen LogP contribution in [0.25, 0.3) is 77.7 Å². The molecule has 6 aromatic carbocycles. The van der Waals surface area contributed by atoms with Crippen molar-refractivity contribution in [2.45, 2.75) is 39.5 Å². The summed E-state index contributed by atoms with van der Waals surface area (Å²) in [6.45, 7) is 4.57. The van der Waals surface area contributed by atoms with Crippen molar-refractivity contribution in [1.29, 1.82) is 0 Å². The molecule has 0 fully saturated rings. The van der Waals surface area contributed by atoms with Crippen LogP contribution < -0.4 is 0 Å². The fourth-order valence-electron chi connectivity index (χ4n) is 8.42. The number of nitrogens with zero attached hydrogens (tertiary/aromatic N) is 6. The van der Waals surface area contributed by atoms with Gasteiger partial charge in [-0.05, 0) is 119 Å². The summed E-state index contributed by atoms with van der Waals surface area (Å²) in [6.07, 6.45) is 12.3. The van der Waals surface area contributed by atoms with Gasteiger partial charge in [0.05, 0.1) is 44.5 Å². The van der Waals surface area contributed by atoms with Crippen LogP contribution in [-0.4, -0.2) is 28.2 Å². The summed E-state index contributed by atoms with van der Waals surface area (Å²) in [6, 6.07) is 48.2. The Morgan fingerprint density at radius 3 is 1.46 bits per heavy atom. The number of fused-ring (bicyclic) bond motifs is 4. The lowest BCUT2D eigenvalue weighted by Gasteiger charge is -2.24. The summed E-state index contributed by atoms with van der Waals surface area (Å²) < 4.78 is 9.27. The van der Waals surface area contributed by atoms with Gasteiger partial charge >= 0.3 is 0 Å². The van der Waals surface area contributed by atoms with E-state index < -0.39 is 0 Å². The Morgan fingerprint density at radius 2 is 0.870 bits per heavy atom. The van der Waals surface area contributed by atoms with E-state index >= 15 is 0 Å². The number of hydrogen-bond donors (Lipinski definition) is 0. The topological polar surface area (TPSA) is 45.5 Å². The highest BCUT2D eigenvalue weighted by Gasteiger charge is 2.23. The molecule has 4 aromatic heterocycles. The second kappa shape index (κ2) is 13.1. The first-order valence-electron chi connectivity index (χ1n) is 19.0. The van der Waals surface area contributed by atoms with Crippen LogP contribution in [0.1, 0.15) is 37.8 Å². The predicted molar refractivity (Wildman–Crippen MR) is 223 cm³/mol. The average Bonchev–Trinajstić information content (AvgIpc) is 4.03. The van der Waals surface area contributed by atoms with Crippen LogP contribution >= 0.6 is 0 Å². The third-order valence-electron chi connectivity index (χ3n) is 10.9. The van der Waals surface area contributed by atoms with Crippen LogP contribution in [0.15, 0.2) is 159 Å². The standard InChI is InChI=1S/C48H40N6/c1-3-13-37-39(27-35(51-25-23-33-15-5-9-19-43(33)51)29-47(37)52-26-24-34-16-6-10-20-44(34)52)40-28-36(53-31-49-41-17-7-11-21-45(41)53)30-48(38(40)14-4-2)54-32-50-42-18-8-12-22-46(42)54/h5-12,15-32H,3-4,13-14H2,1-2H3. The summed E-state index contributed by atoms with van der Waals surface area (Å²) in [5.41, 5.74) is 16.2. The van der Waals surface area contributed by atoms with Crippen molar-refractivity contribution in [1.82, 2.24) is 28.2 Å². The fourth-order valence-corrected chi connectivity index (χ4v) is 8.42. The van der Waals surface area contributed by atoms with Crippen LogP contribution in [0.5, 0.6) is 0 Å². The molecule has 0 aliphatic heterocycles. The zero-order chi connectivity index (χ0) is 36.2. The Morgan fingerprint density at radius 1 is 0.426 bits per heavy atom. The molecule has 0 spiro atoms. The number of hydrogen-bond acceptors (Lipinski definition) is 2. The van der Waals surface area contributed by atoms with Crippen molar-refractivity contribution in [2.24, 2.45) is 0 Å². The maximum absolute atomic E-state index is 4.88. The summed E-state index contributed by atoms with van der Waals surface area (Å²) in [7, 11) is 0. The highest BCUT2D eigenvalue weighted by atomic mass is 15.1. The molecule has 6 nitrogen and oxygen atoms in total. The molecule has 54 heavy (non-hydrogen) atoms. The molecule has 10 aromatic rings. The first-order chi connectivity index (χ1) is 26.7. The quantitative estimate of drug-likeness (QED) is 0.150. The number of aromatic nitrogens is 6.